The highest BCUT2D eigenvalue weighted by atomic mass is 16.5. The van der Waals surface area contributed by atoms with Gasteiger partial charge in [-0.3, -0.25) is 0 Å². The largest absolute Gasteiger partial charge is 0.493 e. The lowest BCUT2D eigenvalue weighted by atomic mass is 10.1. The van der Waals surface area contributed by atoms with Gasteiger partial charge in [-0.25, -0.2) is 4.79 Å². The van der Waals surface area contributed by atoms with Gasteiger partial charge in [-0.05, 0) is 31.9 Å². The smallest absolute Gasteiger partial charge is 0.328 e. The van der Waals surface area contributed by atoms with Gasteiger partial charge in [0.2, 0.25) is 0 Å². The number of ether oxygens (including phenoxy) is 1. The van der Waals surface area contributed by atoms with Crippen LogP contribution < -0.4 is 4.74 Å². The van der Waals surface area contributed by atoms with Gasteiger partial charge >= 0.3 is 5.97 Å². The Morgan fingerprint density at radius 3 is 2.38 bits per heavy atom. The lowest BCUT2D eigenvalue weighted by molar-refractivity contribution is -0.131. The van der Waals surface area contributed by atoms with Gasteiger partial charge in [0, 0.05) is 11.6 Å². The van der Waals surface area contributed by atoms with Gasteiger partial charge in [-0.15, -0.1) is 0 Å². The number of hydrogen-bond acceptors (Lipinski definition) is 2. The molecule has 0 saturated heterocycles. The Hall–Kier alpha value is -2.55. The molecule has 0 spiro atoms. The second-order valence-corrected chi connectivity index (χ2v) is 7.34. The van der Waals surface area contributed by atoms with E-state index in [1.165, 1.54) is 44.6 Å². The number of carbonyl (C=O) groups is 1. The maximum Gasteiger partial charge on any atom is 0.328 e. The summed E-state index contributed by atoms with van der Waals surface area (Å²) in [7, 11) is 0. The monoisotopic (exact) mass is 396 g/mol. The van der Waals surface area contributed by atoms with Gasteiger partial charge < -0.3 is 9.84 Å². The molecule has 1 rings (SSSR count). The van der Waals surface area contributed by atoms with Crippen molar-refractivity contribution in [3.05, 3.63) is 71.4 Å². The van der Waals surface area contributed by atoms with Gasteiger partial charge in [0.05, 0.1) is 6.61 Å². The van der Waals surface area contributed by atoms with Crippen LogP contribution in [0.3, 0.4) is 0 Å². The van der Waals surface area contributed by atoms with Crippen LogP contribution in [0.15, 0.2) is 65.8 Å². The van der Waals surface area contributed by atoms with Gasteiger partial charge in [-0.1, -0.05) is 99.6 Å². The molecule has 0 heterocycles. The average Bonchev–Trinajstić information content (AvgIpc) is 2.68. The lowest BCUT2D eigenvalue weighted by Gasteiger charge is -2.09. The fourth-order valence-corrected chi connectivity index (χ4v) is 2.86. The first-order valence-corrected chi connectivity index (χ1v) is 10.7. The maximum atomic E-state index is 10.6. The van der Waals surface area contributed by atoms with E-state index in [2.05, 4.69) is 19.1 Å². The van der Waals surface area contributed by atoms with E-state index in [9.17, 15) is 4.79 Å². The molecule has 29 heavy (non-hydrogen) atoms. The third-order valence-electron chi connectivity index (χ3n) is 4.52. The van der Waals surface area contributed by atoms with Crippen molar-refractivity contribution in [1.82, 2.24) is 0 Å². The summed E-state index contributed by atoms with van der Waals surface area (Å²) >= 11 is 0. The highest BCUT2D eigenvalue weighted by Gasteiger charge is 2.00. The van der Waals surface area contributed by atoms with Crippen LogP contribution in [0.5, 0.6) is 5.75 Å². The Labute approximate surface area is 176 Å². The van der Waals surface area contributed by atoms with Gasteiger partial charge in [0.15, 0.2) is 0 Å². The summed E-state index contributed by atoms with van der Waals surface area (Å²) in [6, 6.07) is 8.08. The Bertz CT molecular complexity index is 723. The number of hydrogen-bond donors (Lipinski definition) is 1. The Balaban J connectivity index is 2.50. The fourth-order valence-electron chi connectivity index (χ4n) is 2.86. The standard InChI is InChI=1S/C26H36O3/c1-4-5-6-7-8-9-12-20-29-25-17-11-10-16-24(25)19-18-22(2)14-13-15-23(3)21-26(27)28/h10-11,13-19,21H,4-9,12,20H2,1-3H3,(H,27,28)/b15-13+,19-18-,22-14+,23-21+. The average molecular weight is 397 g/mol. The molecule has 0 amide bonds. The molecule has 0 bridgehead atoms. The molecule has 0 unspecified atom stereocenters. The molecule has 0 radical (unpaired) electrons. The predicted molar refractivity (Wildman–Crippen MR) is 123 cm³/mol. The molecule has 0 aliphatic heterocycles. The van der Waals surface area contributed by atoms with Crippen molar-refractivity contribution in [1.29, 1.82) is 0 Å². The zero-order valence-electron chi connectivity index (χ0n) is 18.2. The normalized spacial score (nSPS) is 12.8. The highest BCUT2D eigenvalue weighted by Crippen LogP contribution is 2.21. The van der Waals surface area contributed by atoms with Crippen molar-refractivity contribution < 1.29 is 14.6 Å². The van der Waals surface area contributed by atoms with Gasteiger partial charge in [0.1, 0.15) is 5.75 Å². The van der Waals surface area contributed by atoms with E-state index in [0.29, 0.717) is 5.57 Å². The van der Waals surface area contributed by atoms with E-state index >= 15 is 0 Å². The first-order chi connectivity index (χ1) is 14.0. The zero-order valence-corrected chi connectivity index (χ0v) is 18.2. The van der Waals surface area contributed by atoms with Crippen LogP contribution in [0.25, 0.3) is 6.08 Å². The van der Waals surface area contributed by atoms with E-state index in [1.807, 2.05) is 43.4 Å². The summed E-state index contributed by atoms with van der Waals surface area (Å²) in [5, 5.41) is 8.72. The van der Waals surface area contributed by atoms with Crippen LogP contribution in [-0.4, -0.2) is 17.7 Å². The summed E-state index contributed by atoms with van der Waals surface area (Å²) in [6.45, 7) is 6.78. The zero-order chi connectivity index (χ0) is 21.3. The minimum Gasteiger partial charge on any atom is -0.493 e. The minimum absolute atomic E-state index is 0.703. The number of unbranched alkanes of at least 4 members (excludes halogenated alkanes) is 6. The van der Waals surface area contributed by atoms with Crippen LogP contribution in [0.1, 0.15) is 71.3 Å². The number of aliphatic carboxylic acids is 1. The number of allylic oxidation sites excluding steroid dienone is 6. The summed E-state index contributed by atoms with van der Waals surface area (Å²) in [4.78, 5) is 10.6. The van der Waals surface area contributed by atoms with Crippen LogP contribution in [0.4, 0.5) is 0 Å². The van der Waals surface area contributed by atoms with Crippen LogP contribution in [0.2, 0.25) is 0 Å². The third-order valence-corrected chi connectivity index (χ3v) is 4.52. The van der Waals surface area contributed by atoms with Crippen LogP contribution >= 0.6 is 0 Å². The molecule has 0 aliphatic rings. The quantitative estimate of drug-likeness (QED) is 0.203. The van der Waals surface area contributed by atoms with Crippen molar-refractivity contribution >= 4 is 12.0 Å². The van der Waals surface area contributed by atoms with E-state index in [-0.39, 0.29) is 0 Å². The van der Waals surface area contributed by atoms with Crippen molar-refractivity contribution in [2.45, 2.75) is 65.7 Å². The van der Waals surface area contributed by atoms with E-state index in [4.69, 9.17) is 9.84 Å². The summed E-state index contributed by atoms with van der Waals surface area (Å²) in [6.07, 6.45) is 19.8. The van der Waals surface area contributed by atoms with E-state index < -0.39 is 5.97 Å². The molecule has 0 saturated carbocycles. The second-order valence-electron chi connectivity index (χ2n) is 7.34. The highest BCUT2D eigenvalue weighted by molar-refractivity contribution is 5.81. The molecular formula is C26H36O3. The Kier molecular flexibility index (Phi) is 13.0. The Morgan fingerprint density at radius 2 is 1.66 bits per heavy atom. The van der Waals surface area contributed by atoms with Crippen molar-refractivity contribution in [2.75, 3.05) is 6.61 Å². The Morgan fingerprint density at radius 1 is 0.966 bits per heavy atom. The van der Waals surface area contributed by atoms with Crippen molar-refractivity contribution in [3.63, 3.8) is 0 Å². The predicted octanol–water partition coefficient (Wildman–Crippen LogP) is 7.36. The van der Waals surface area contributed by atoms with Crippen molar-refractivity contribution in [2.24, 2.45) is 0 Å². The molecule has 158 valence electrons. The minimum atomic E-state index is -0.930. The number of para-hydroxylation sites is 1. The van der Waals surface area contributed by atoms with Crippen LogP contribution in [0, 0.1) is 0 Å². The summed E-state index contributed by atoms with van der Waals surface area (Å²) in [5.74, 6) is -0.0147. The third kappa shape index (κ3) is 12.5. The van der Waals surface area contributed by atoms with Gasteiger partial charge in [-0.2, -0.15) is 0 Å². The molecule has 0 aliphatic carbocycles. The van der Waals surface area contributed by atoms with Crippen LogP contribution in [-0.2, 0) is 4.79 Å². The fraction of sp³-hybridized carbons (Fsp3) is 0.423. The lowest BCUT2D eigenvalue weighted by Crippen LogP contribution is -1.98. The number of rotatable bonds is 14. The summed E-state index contributed by atoms with van der Waals surface area (Å²) in [5.41, 5.74) is 2.84. The molecule has 1 N–H and O–H groups in total. The molecular weight excluding hydrogens is 360 g/mol. The molecule has 0 fully saturated rings. The first kappa shape index (κ1) is 24.5. The maximum absolute atomic E-state index is 10.6. The van der Waals surface area contributed by atoms with E-state index in [0.717, 1.165) is 29.9 Å². The molecule has 0 atom stereocenters. The van der Waals surface area contributed by atoms with Gasteiger partial charge in [0.25, 0.3) is 0 Å². The molecule has 1 aromatic carbocycles. The van der Waals surface area contributed by atoms with E-state index in [1.54, 1.807) is 13.0 Å². The molecule has 3 nitrogen and oxygen atoms in total. The molecule has 0 aromatic heterocycles. The number of carboxylic acid groups (broad SMARTS) is 1. The SMILES string of the molecule is CCCCCCCCCOc1ccccc1\C=C/C(C)=C/C=C/C(C)=C/C(=O)O. The summed E-state index contributed by atoms with van der Waals surface area (Å²) < 4.78 is 6.00. The first-order valence-electron chi connectivity index (χ1n) is 10.7. The number of benzene rings is 1. The molecule has 1 aromatic rings. The van der Waals surface area contributed by atoms with Crippen molar-refractivity contribution in [3.8, 4) is 5.75 Å². The second kappa shape index (κ2) is 15.4. The topological polar surface area (TPSA) is 46.5 Å². The number of carboxylic acids is 1. The molecule has 3 heteroatoms.